The van der Waals surface area contributed by atoms with E-state index in [-0.39, 0.29) is 101 Å². The van der Waals surface area contributed by atoms with Crippen molar-refractivity contribution in [2.75, 3.05) is 0 Å². The summed E-state index contributed by atoms with van der Waals surface area (Å²) in [5.74, 6) is 1.45. The number of nitrogens with zero attached hydrogens (tertiary/aromatic N) is 10. The quantitative estimate of drug-likeness (QED) is 0.154. The summed E-state index contributed by atoms with van der Waals surface area (Å²) in [5.41, 5.74) is 8.64. The van der Waals surface area contributed by atoms with Crippen LogP contribution >= 0.6 is 0 Å². The van der Waals surface area contributed by atoms with Gasteiger partial charge in [-0.2, -0.15) is 0 Å². The summed E-state index contributed by atoms with van der Waals surface area (Å²) in [5, 5.41) is 2.39. The van der Waals surface area contributed by atoms with Crippen molar-refractivity contribution < 1.29 is 101 Å². The van der Waals surface area contributed by atoms with Gasteiger partial charge in [0, 0.05) is 180 Å². The summed E-state index contributed by atoms with van der Waals surface area (Å²) in [4.78, 5) is 40.9. The Morgan fingerprint density at radius 3 is 1.29 bits per heavy atom. The third-order valence-electron chi connectivity index (χ3n) is 8.92. The van der Waals surface area contributed by atoms with Crippen LogP contribution in [0.25, 0.3) is 67.3 Å². The molecule has 0 aliphatic rings. The third-order valence-corrected chi connectivity index (χ3v) is 8.92. The van der Waals surface area contributed by atoms with Crippen LogP contribution in [0.2, 0.25) is 0 Å². The molecule has 0 unspecified atom stereocenters. The van der Waals surface area contributed by atoms with E-state index in [4.69, 9.17) is 0 Å². The molecule has 70 heavy (non-hydrogen) atoms. The summed E-state index contributed by atoms with van der Waals surface area (Å²) < 4.78 is 0. The zero-order valence-electron chi connectivity index (χ0n) is 36.9. The second-order valence-electron chi connectivity index (χ2n) is 13.5. The molecule has 11 rings (SSSR count). The molecular weight excluding hydrogens is 1760 g/mol. The Kier molecular flexibility index (Phi) is 29.8. The van der Waals surface area contributed by atoms with Crippen molar-refractivity contribution in [2.24, 2.45) is 0 Å². The summed E-state index contributed by atoms with van der Waals surface area (Å²) in [6, 6.07) is 62.4. The van der Waals surface area contributed by atoms with Gasteiger partial charge in [0.1, 0.15) is 6.33 Å². The molecule has 0 amide bonds. The molecular formula is C55H39Ir5N10-5. The van der Waals surface area contributed by atoms with Gasteiger partial charge in [0.2, 0.25) is 0 Å². The molecule has 0 aliphatic heterocycles. The molecule has 359 valence electrons. The molecule has 10 nitrogen and oxygen atoms in total. The Labute approximate surface area is 476 Å². The van der Waals surface area contributed by atoms with E-state index >= 15 is 0 Å². The van der Waals surface area contributed by atoms with Gasteiger partial charge in [-0.1, -0.05) is 42.6 Å². The standard InChI is InChI=1S/C14H9N2.C11H9N2.3C10H7N2.5Ir/c1-2-4-12-9-13(6-5-11(12)3-1)14-10-15-7-8-16-14;1-9-3-5-10(6-4-9)11-12-7-2-8-13-11;1-2-5-9(6-3-1)10-11-7-4-8-12-10;1-2-4-9(5-3-1)10-8-11-6-7-12-10;1-2-4-9(5-3-1)10-6-7-11-8-12-10;;;;;/h1-5,7-10H;2-5,7-8H,1H3;1-5,7-8H;2*1-4,6-8H;;;;;/q5*-1;;;;;. The van der Waals surface area contributed by atoms with E-state index in [1.165, 1.54) is 22.7 Å². The van der Waals surface area contributed by atoms with Crippen LogP contribution in [0.3, 0.4) is 0 Å². The molecule has 15 heteroatoms. The normalized spacial score (nSPS) is 9.21. The third kappa shape index (κ3) is 19.9. The van der Waals surface area contributed by atoms with Crippen molar-refractivity contribution in [3.63, 3.8) is 0 Å². The molecule has 6 aromatic carbocycles. The molecule has 5 radical (unpaired) electrons. The Hall–Kier alpha value is -5.77. The van der Waals surface area contributed by atoms with E-state index in [1.54, 1.807) is 80.3 Å². The summed E-state index contributed by atoms with van der Waals surface area (Å²) in [6.07, 6.45) is 20.4. The van der Waals surface area contributed by atoms with Crippen LogP contribution in [0, 0.1) is 37.3 Å². The fourth-order valence-corrected chi connectivity index (χ4v) is 5.76. The zero-order valence-corrected chi connectivity index (χ0v) is 48.9. The van der Waals surface area contributed by atoms with E-state index < -0.39 is 0 Å². The van der Waals surface area contributed by atoms with Gasteiger partial charge in [-0.3, -0.25) is 34.9 Å². The molecule has 5 heterocycles. The van der Waals surface area contributed by atoms with Crippen LogP contribution in [-0.4, -0.2) is 49.8 Å². The van der Waals surface area contributed by atoms with Crippen molar-refractivity contribution in [1.82, 2.24) is 49.8 Å². The second-order valence-corrected chi connectivity index (χ2v) is 13.5. The number of aromatic nitrogens is 10. The summed E-state index contributed by atoms with van der Waals surface area (Å²) in [6.45, 7) is 2.03. The average Bonchev–Trinajstić information content (AvgIpc) is 3.41. The number of benzene rings is 6. The number of aryl methyl sites for hydroxylation is 1. The van der Waals surface area contributed by atoms with Gasteiger partial charge in [-0.15, -0.1) is 172 Å². The maximum atomic E-state index is 4.26. The Bertz CT molecular complexity index is 2730. The monoisotopic (exact) mass is 1800 g/mol. The number of fused-ring (bicyclic) bond motifs is 1. The van der Waals surface area contributed by atoms with E-state index in [0.717, 1.165) is 56.5 Å². The van der Waals surface area contributed by atoms with Gasteiger partial charge in [0.25, 0.3) is 0 Å². The Morgan fingerprint density at radius 2 is 0.814 bits per heavy atom. The first-order valence-electron chi connectivity index (χ1n) is 20.3. The van der Waals surface area contributed by atoms with Gasteiger partial charge in [0.05, 0.1) is 11.6 Å². The molecule has 0 N–H and O–H groups in total. The minimum absolute atomic E-state index is 0. The molecule has 0 bridgehead atoms. The van der Waals surface area contributed by atoms with Gasteiger partial charge in [-0.25, -0.2) is 4.98 Å². The second kappa shape index (κ2) is 34.5. The molecule has 0 atom stereocenters. The molecule has 0 saturated carbocycles. The van der Waals surface area contributed by atoms with Gasteiger partial charge in [-0.05, 0) is 17.8 Å². The van der Waals surface area contributed by atoms with Gasteiger partial charge >= 0.3 is 0 Å². The van der Waals surface area contributed by atoms with Gasteiger partial charge < -0.3 is 9.97 Å². The Morgan fingerprint density at radius 1 is 0.329 bits per heavy atom. The van der Waals surface area contributed by atoms with Crippen LogP contribution in [0.4, 0.5) is 0 Å². The SMILES string of the molecule is Cc1c[c-]c(-c2ncccn2)cc1.[Ir].[Ir].[Ir].[Ir].[Ir].[c-]1cc2ccccc2cc1-c1cnccn1.[c-]1ccccc1-c1ccncn1.[c-]1ccccc1-c1cnccn1.[c-]1ccccc1-c1ncccn1. The van der Waals surface area contributed by atoms with Crippen LogP contribution in [0.15, 0.2) is 220 Å². The average molecular weight is 1800 g/mol. The minimum Gasteiger partial charge on any atom is -0.302 e. The fraction of sp³-hybridized carbons (Fsp3) is 0.0182. The molecule has 5 aromatic heterocycles. The first kappa shape index (κ1) is 60.3. The molecule has 0 spiro atoms. The van der Waals surface area contributed by atoms with Crippen LogP contribution in [-0.2, 0) is 101 Å². The van der Waals surface area contributed by atoms with Gasteiger partial charge in [0.15, 0.2) is 0 Å². The molecule has 0 saturated heterocycles. The minimum atomic E-state index is 0. The topological polar surface area (TPSA) is 129 Å². The number of rotatable bonds is 5. The number of hydrogen-bond acceptors (Lipinski definition) is 10. The first-order chi connectivity index (χ1) is 32.2. The maximum Gasteiger partial charge on any atom is 0.105 e. The molecule has 0 fully saturated rings. The smallest absolute Gasteiger partial charge is 0.105 e. The van der Waals surface area contributed by atoms with Crippen LogP contribution < -0.4 is 0 Å². The fourth-order valence-electron chi connectivity index (χ4n) is 5.76. The Balaban J connectivity index is 0.000000296. The predicted molar refractivity (Wildman–Crippen MR) is 254 cm³/mol. The zero-order chi connectivity index (χ0) is 44.6. The van der Waals surface area contributed by atoms with Crippen molar-refractivity contribution in [3.8, 4) is 56.5 Å². The molecule has 0 aliphatic carbocycles. The van der Waals surface area contributed by atoms with E-state index in [0.29, 0.717) is 0 Å². The predicted octanol–water partition coefficient (Wildman–Crippen LogP) is 11.2. The van der Waals surface area contributed by atoms with Crippen molar-refractivity contribution >= 4 is 10.8 Å². The van der Waals surface area contributed by atoms with Crippen LogP contribution in [0.5, 0.6) is 0 Å². The largest absolute Gasteiger partial charge is 0.302 e. The van der Waals surface area contributed by atoms with Crippen molar-refractivity contribution in [2.45, 2.75) is 6.92 Å². The summed E-state index contributed by atoms with van der Waals surface area (Å²) in [7, 11) is 0. The first-order valence-corrected chi connectivity index (χ1v) is 20.3. The van der Waals surface area contributed by atoms with E-state index in [9.17, 15) is 0 Å². The van der Waals surface area contributed by atoms with Crippen LogP contribution in [0.1, 0.15) is 5.56 Å². The van der Waals surface area contributed by atoms with E-state index in [1.807, 2.05) is 122 Å². The van der Waals surface area contributed by atoms with Crippen molar-refractivity contribution in [1.29, 1.82) is 0 Å². The summed E-state index contributed by atoms with van der Waals surface area (Å²) >= 11 is 0. The number of hydrogen-bond donors (Lipinski definition) is 0. The van der Waals surface area contributed by atoms with E-state index in [2.05, 4.69) is 98.4 Å². The maximum absolute atomic E-state index is 4.26. The molecule has 11 aromatic rings. The van der Waals surface area contributed by atoms with Crippen molar-refractivity contribution in [3.05, 3.63) is 256 Å².